The lowest BCUT2D eigenvalue weighted by molar-refractivity contribution is -0.142. The molecule has 4 heterocycles. The number of nitrogens with zero attached hydrogens (tertiary/aromatic N) is 5. The molecule has 4 aromatic heterocycles. The van der Waals surface area contributed by atoms with Gasteiger partial charge in [0.05, 0.1) is 40.2 Å². The van der Waals surface area contributed by atoms with E-state index in [1.54, 1.807) is 0 Å². The van der Waals surface area contributed by atoms with Gasteiger partial charge in [0, 0.05) is 36.2 Å². The number of hydrogen-bond acceptors (Lipinski definition) is 8. The van der Waals surface area contributed by atoms with Gasteiger partial charge in [0.25, 0.3) is 5.92 Å². The van der Waals surface area contributed by atoms with Crippen LogP contribution in [0.3, 0.4) is 0 Å². The number of benzene rings is 2. The lowest BCUT2D eigenvalue weighted by Crippen LogP contribution is -2.35. The molecule has 1 aliphatic carbocycles. The van der Waals surface area contributed by atoms with Crippen LogP contribution in [0.5, 0.6) is 0 Å². The van der Waals surface area contributed by atoms with Crippen LogP contribution in [0.4, 0.5) is 36.6 Å². The van der Waals surface area contributed by atoms with E-state index in [0.717, 1.165) is 18.4 Å². The number of aromatic nitrogens is 5. The number of carbonyl (C=O) groups excluding carboxylic acids is 1. The highest BCUT2D eigenvalue weighted by Crippen LogP contribution is 2.52. The second-order valence-electron chi connectivity index (χ2n) is 14.8. The minimum atomic E-state index is -5.13. The highest BCUT2D eigenvalue weighted by Gasteiger charge is 2.53. The van der Waals surface area contributed by atoms with Crippen molar-refractivity contribution < 1.29 is 53.5 Å². The first-order valence-electron chi connectivity index (χ1n) is 18.2. The second kappa shape index (κ2) is 15.5. The molecule has 3 atom stereocenters. The molecule has 7 rings (SSSR count). The van der Waals surface area contributed by atoms with Crippen molar-refractivity contribution in [3.05, 3.63) is 117 Å². The van der Waals surface area contributed by atoms with E-state index in [2.05, 4.69) is 32.1 Å². The highest BCUT2D eigenvalue weighted by molar-refractivity contribution is 7.92. The number of pyridine rings is 1. The lowest BCUT2D eigenvalue weighted by Gasteiger charge is -2.23. The van der Waals surface area contributed by atoms with Crippen molar-refractivity contribution >= 4 is 44.3 Å². The van der Waals surface area contributed by atoms with E-state index in [4.69, 9.17) is 21.0 Å². The maximum atomic E-state index is 15.3. The summed E-state index contributed by atoms with van der Waals surface area (Å²) in [7, 11) is -2.39. The van der Waals surface area contributed by atoms with Crippen molar-refractivity contribution in [3.63, 3.8) is 0 Å². The summed E-state index contributed by atoms with van der Waals surface area (Å²) in [5.74, 6) is -2.77. The summed E-state index contributed by atoms with van der Waals surface area (Å²) in [5.41, 5.74) is -4.63. The minimum Gasteiger partial charge on any atom is -0.465 e. The van der Waals surface area contributed by atoms with E-state index in [0.29, 0.717) is 10.7 Å². The van der Waals surface area contributed by atoms with Crippen molar-refractivity contribution in [2.75, 3.05) is 11.0 Å². The van der Waals surface area contributed by atoms with Crippen LogP contribution >= 0.6 is 11.6 Å². The molecule has 0 spiro atoms. The smallest absolute Gasteiger partial charge is 0.435 e. The number of sulfonamides is 1. The van der Waals surface area contributed by atoms with Gasteiger partial charge in [0.15, 0.2) is 17.1 Å². The summed E-state index contributed by atoms with van der Waals surface area (Å²) in [6.07, 6.45) is -4.29. The Kier molecular flexibility index (Phi) is 11.0. The van der Waals surface area contributed by atoms with Gasteiger partial charge in [0.1, 0.15) is 35.3 Å². The van der Waals surface area contributed by atoms with E-state index in [-0.39, 0.29) is 55.6 Å². The van der Waals surface area contributed by atoms with E-state index >= 15 is 8.78 Å². The van der Waals surface area contributed by atoms with E-state index in [1.807, 2.05) is 0 Å². The van der Waals surface area contributed by atoms with Crippen LogP contribution in [0, 0.1) is 23.5 Å². The molecule has 21 heteroatoms. The average Bonchev–Trinajstić information content (AvgIpc) is 3.92. The number of aryl methyl sites for hydroxylation is 1. The molecule has 3 N–H and O–H groups in total. The van der Waals surface area contributed by atoms with Crippen LogP contribution in [0.2, 0.25) is 5.02 Å². The van der Waals surface area contributed by atoms with Crippen LogP contribution in [0.25, 0.3) is 22.0 Å². The van der Waals surface area contributed by atoms with E-state index in [1.165, 1.54) is 68.2 Å². The predicted molar refractivity (Wildman–Crippen MR) is 208 cm³/mol. The number of nitrogens with one attached hydrogen (secondary N) is 2. The van der Waals surface area contributed by atoms with Gasteiger partial charge in [-0.15, -0.1) is 0 Å². The Morgan fingerprint density at radius 2 is 1.79 bits per heavy atom. The van der Waals surface area contributed by atoms with Gasteiger partial charge in [-0.2, -0.15) is 32.1 Å². The Morgan fingerprint density at radius 3 is 2.43 bits per heavy atom. The van der Waals surface area contributed by atoms with Crippen molar-refractivity contribution in [1.29, 1.82) is 0 Å². The number of halogens is 8. The van der Waals surface area contributed by atoms with Crippen molar-refractivity contribution in [3.8, 4) is 23.0 Å². The molecule has 320 valence electrons. The van der Waals surface area contributed by atoms with Gasteiger partial charge in [0.2, 0.25) is 15.9 Å². The zero-order chi connectivity index (χ0) is 44.4. The Bertz CT molecular complexity index is 2860. The first-order valence-corrected chi connectivity index (χ1v) is 20.4. The first kappa shape index (κ1) is 43.2. The third kappa shape index (κ3) is 8.81. The highest BCUT2D eigenvalue weighted by atomic mass is 35.5. The van der Waals surface area contributed by atoms with Crippen LogP contribution < -0.4 is 10.0 Å². The fraction of sp³-hybridized carbons (Fsp3) is 0.300. The molecule has 2 unspecified atom stereocenters. The molecule has 1 amide bonds. The minimum absolute atomic E-state index is 0.0294. The number of aliphatic hydroxyl groups is 1. The number of alkyl halides is 5. The van der Waals surface area contributed by atoms with Gasteiger partial charge in [-0.25, -0.2) is 22.2 Å². The summed E-state index contributed by atoms with van der Waals surface area (Å²) in [5, 5.41) is 21.6. The number of carbonyl (C=O) groups is 1. The van der Waals surface area contributed by atoms with Gasteiger partial charge in [-0.1, -0.05) is 30.5 Å². The first-order chi connectivity index (χ1) is 28.4. The molecule has 0 saturated carbocycles. The predicted octanol–water partition coefficient (Wildman–Crippen LogP) is 7.71. The SMILES string of the molecule is C[C@H]1CC(F)(F)c2c1c(C(F)(F)F)nn2CC(=O)NC(Cc1cc(F)cc(F)c1)c1nc(C#CC(C)(O)c2ccco2)ccc1-c1ccc(Cl)c2c(NS(C)(=O)=O)nn(C)c12. The zero-order valence-corrected chi connectivity index (χ0v) is 33.9. The molecule has 0 radical (unpaired) electrons. The molecule has 2 aromatic carbocycles. The summed E-state index contributed by atoms with van der Waals surface area (Å²) < 4.78 is 136. The third-order valence-electron chi connectivity index (χ3n) is 9.85. The molecule has 0 aliphatic heterocycles. The van der Waals surface area contributed by atoms with Gasteiger partial charge < -0.3 is 14.8 Å². The summed E-state index contributed by atoms with van der Waals surface area (Å²) in [6.45, 7) is 1.41. The maximum Gasteiger partial charge on any atom is 0.435 e. The standard InChI is InChI=1S/C40H33ClF7N7O5S/c1-20-18-39(44,45)36-31(20)35(40(46,47)48)51-55(36)19-30(56)50-28(16-21-14-22(42)17-23(43)15-21)33-25(8-7-24(49-33)11-12-38(2,57)29-6-5-13-60-29)26-9-10-27(41)32-34(26)54(3)52-37(32)53-61(4,58)59/h5-10,13-15,17,20,28,57H,16,18-19H2,1-4H3,(H,50,56)(H,52,53)/t20-,28?,38?/m0/s1. The Morgan fingerprint density at radius 1 is 1.10 bits per heavy atom. The largest absolute Gasteiger partial charge is 0.465 e. The summed E-state index contributed by atoms with van der Waals surface area (Å²) in [6, 6.07) is 10.00. The number of anilines is 1. The van der Waals surface area contributed by atoms with Crippen LogP contribution in [0.15, 0.2) is 65.3 Å². The Balaban J connectivity index is 1.41. The quantitative estimate of drug-likeness (QED) is 0.0934. The molecule has 0 fully saturated rings. The molecule has 0 saturated heterocycles. The summed E-state index contributed by atoms with van der Waals surface area (Å²) >= 11 is 6.59. The third-order valence-corrected chi connectivity index (χ3v) is 10.7. The van der Waals surface area contributed by atoms with Gasteiger partial charge in [-0.05, 0) is 73.2 Å². The molecular formula is C40H33ClF7N7O5S. The lowest BCUT2D eigenvalue weighted by atomic mass is 9.93. The molecule has 6 aromatic rings. The van der Waals surface area contributed by atoms with Crippen LogP contribution in [-0.4, -0.2) is 50.2 Å². The summed E-state index contributed by atoms with van der Waals surface area (Å²) in [4.78, 5) is 18.7. The van der Waals surface area contributed by atoms with Crippen LogP contribution in [0.1, 0.15) is 71.9 Å². The number of furan rings is 1. The molecule has 0 bridgehead atoms. The molecular weight excluding hydrogens is 859 g/mol. The number of rotatable bonds is 10. The molecule has 61 heavy (non-hydrogen) atoms. The van der Waals surface area contributed by atoms with Gasteiger partial charge >= 0.3 is 6.18 Å². The van der Waals surface area contributed by atoms with Crippen LogP contribution in [-0.2, 0) is 52.5 Å². The second-order valence-corrected chi connectivity index (χ2v) is 16.9. The zero-order valence-electron chi connectivity index (χ0n) is 32.3. The Labute approximate surface area is 347 Å². The monoisotopic (exact) mass is 891 g/mol. The molecule has 1 aliphatic rings. The van der Waals surface area contributed by atoms with Gasteiger partial charge in [-0.3, -0.25) is 18.9 Å². The normalized spacial score (nSPS) is 16.4. The number of hydrogen-bond donors (Lipinski definition) is 3. The van der Waals surface area contributed by atoms with Crippen molar-refractivity contribution in [1.82, 2.24) is 29.9 Å². The number of amides is 1. The van der Waals surface area contributed by atoms with Crippen molar-refractivity contribution in [2.45, 2.75) is 62.9 Å². The fourth-order valence-corrected chi connectivity index (χ4v) is 8.21. The topological polar surface area (TPSA) is 157 Å². The van der Waals surface area contributed by atoms with E-state index in [9.17, 15) is 40.3 Å². The average molecular weight is 892 g/mol. The number of fused-ring (bicyclic) bond motifs is 2. The van der Waals surface area contributed by atoms with E-state index < -0.39 is 93.6 Å². The maximum absolute atomic E-state index is 15.3. The van der Waals surface area contributed by atoms with Crippen molar-refractivity contribution in [2.24, 2.45) is 7.05 Å². The Hall–Kier alpha value is -5.91. The molecule has 12 nitrogen and oxygen atoms in total. The fourth-order valence-electron chi connectivity index (χ4n) is 7.48.